The quantitative estimate of drug-likeness (QED) is 0.729. The molecule has 5 heteroatoms. The van der Waals surface area contributed by atoms with Crippen LogP contribution in [0, 0.1) is 0 Å². The molecule has 1 heterocycles. The summed E-state index contributed by atoms with van der Waals surface area (Å²) in [6, 6.07) is 4.78. The van der Waals surface area contributed by atoms with Gasteiger partial charge in [0.1, 0.15) is 0 Å². The standard InChI is InChI=1S/C11H9NO4/c13-9(14)4-6-5-12-10-7(6)2-1-3-8(10)11(15)16/h1-3,5,12H,4H2,(H,13,14)(H,15,16). The molecule has 0 aliphatic heterocycles. The maximum Gasteiger partial charge on any atom is 0.337 e. The molecular formula is C11H9NO4. The van der Waals surface area contributed by atoms with Crippen LogP contribution in [0.3, 0.4) is 0 Å². The third-order valence-corrected chi connectivity index (χ3v) is 2.37. The summed E-state index contributed by atoms with van der Waals surface area (Å²) in [4.78, 5) is 24.3. The van der Waals surface area contributed by atoms with Gasteiger partial charge < -0.3 is 15.2 Å². The van der Waals surface area contributed by atoms with Crippen molar-refractivity contribution in [1.82, 2.24) is 4.98 Å². The minimum atomic E-state index is -1.03. The van der Waals surface area contributed by atoms with Crippen molar-refractivity contribution in [1.29, 1.82) is 0 Å². The summed E-state index contributed by atoms with van der Waals surface area (Å²) in [7, 11) is 0. The van der Waals surface area contributed by atoms with Crippen molar-refractivity contribution in [3.8, 4) is 0 Å². The average molecular weight is 219 g/mol. The highest BCUT2D eigenvalue weighted by Gasteiger charge is 2.13. The van der Waals surface area contributed by atoms with E-state index in [1.165, 1.54) is 12.3 Å². The summed E-state index contributed by atoms with van der Waals surface area (Å²) >= 11 is 0. The lowest BCUT2D eigenvalue weighted by molar-refractivity contribution is -0.136. The Balaban J connectivity index is 2.61. The van der Waals surface area contributed by atoms with Crippen molar-refractivity contribution in [2.24, 2.45) is 0 Å². The van der Waals surface area contributed by atoms with Crippen LogP contribution in [0.2, 0.25) is 0 Å². The molecule has 3 N–H and O–H groups in total. The molecule has 1 aromatic carbocycles. The number of carboxylic acids is 2. The second kappa shape index (κ2) is 3.69. The fraction of sp³-hybridized carbons (Fsp3) is 0.0909. The number of carbonyl (C=O) groups is 2. The van der Waals surface area contributed by atoms with Gasteiger partial charge in [0.15, 0.2) is 0 Å². The molecule has 0 bridgehead atoms. The van der Waals surface area contributed by atoms with Crippen LogP contribution >= 0.6 is 0 Å². The molecule has 0 radical (unpaired) electrons. The van der Waals surface area contributed by atoms with Crippen LogP contribution in [0.5, 0.6) is 0 Å². The fourth-order valence-electron chi connectivity index (χ4n) is 1.70. The van der Waals surface area contributed by atoms with Crippen LogP contribution in [0.1, 0.15) is 15.9 Å². The molecule has 1 aromatic heterocycles. The first kappa shape index (κ1) is 10.2. The van der Waals surface area contributed by atoms with Crippen LogP contribution in [-0.2, 0) is 11.2 Å². The van der Waals surface area contributed by atoms with Crippen molar-refractivity contribution in [2.75, 3.05) is 0 Å². The van der Waals surface area contributed by atoms with Crippen LogP contribution in [0.15, 0.2) is 24.4 Å². The van der Waals surface area contributed by atoms with E-state index in [0.717, 1.165) is 0 Å². The third-order valence-electron chi connectivity index (χ3n) is 2.37. The fourth-order valence-corrected chi connectivity index (χ4v) is 1.70. The molecule has 2 rings (SSSR count). The Labute approximate surface area is 90.3 Å². The monoisotopic (exact) mass is 219 g/mol. The first-order valence-corrected chi connectivity index (χ1v) is 4.63. The molecular weight excluding hydrogens is 210 g/mol. The topological polar surface area (TPSA) is 90.4 Å². The molecule has 0 atom stereocenters. The third kappa shape index (κ3) is 1.63. The summed E-state index contributed by atoms with van der Waals surface area (Å²) in [6.07, 6.45) is 1.41. The lowest BCUT2D eigenvalue weighted by atomic mass is 10.1. The van der Waals surface area contributed by atoms with E-state index in [9.17, 15) is 9.59 Å². The number of carboxylic acid groups (broad SMARTS) is 2. The number of benzene rings is 1. The maximum absolute atomic E-state index is 10.9. The molecule has 0 saturated carbocycles. The zero-order valence-corrected chi connectivity index (χ0v) is 8.23. The van der Waals surface area contributed by atoms with Gasteiger partial charge in [-0.1, -0.05) is 12.1 Å². The van der Waals surface area contributed by atoms with E-state index in [-0.39, 0.29) is 12.0 Å². The van der Waals surface area contributed by atoms with Gasteiger partial charge in [-0.25, -0.2) is 4.79 Å². The van der Waals surface area contributed by atoms with Crippen LogP contribution < -0.4 is 0 Å². The molecule has 0 saturated heterocycles. The van der Waals surface area contributed by atoms with Gasteiger partial charge in [-0.05, 0) is 11.6 Å². The van der Waals surface area contributed by atoms with Crippen molar-refractivity contribution in [3.05, 3.63) is 35.5 Å². The van der Waals surface area contributed by atoms with Crippen molar-refractivity contribution >= 4 is 22.8 Å². The maximum atomic E-state index is 10.9. The van der Waals surface area contributed by atoms with Crippen LogP contribution in [0.25, 0.3) is 10.9 Å². The first-order valence-electron chi connectivity index (χ1n) is 4.63. The summed E-state index contributed by atoms with van der Waals surface area (Å²) < 4.78 is 0. The Morgan fingerprint density at radius 1 is 1.25 bits per heavy atom. The molecule has 0 aliphatic carbocycles. The molecule has 82 valence electrons. The van der Waals surface area contributed by atoms with Gasteiger partial charge in [0.25, 0.3) is 0 Å². The Morgan fingerprint density at radius 3 is 2.62 bits per heavy atom. The number of aromatic amines is 1. The van der Waals surface area contributed by atoms with Gasteiger partial charge in [0.2, 0.25) is 0 Å². The number of aromatic nitrogens is 1. The molecule has 5 nitrogen and oxygen atoms in total. The van der Waals surface area contributed by atoms with Gasteiger partial charge in [-0.3, -0.25) is 4.79 Å². The molecule has 0 unspecified atom stereocenters. The minimum absolute atomic E-state index is 0.122. The zero-order valence-electron chi connectivity index (χ0n) is 8.23. The lowest BCUT2D eigenvalue weighted by Crippen LogP contribution is -1.99. The second-order valence-corrected chi connectivity index (χ2v) is 3.42. The van der Waals surface area contributed by atoms with Gasteiger partial charge in [-0.15, -0.1) is 0 Å². The zero-order chi connectivity index (χ0) is 11.7. The summed E-state index contributed by atoms with van der Waals surface area (Å²) in [5.74, 6) is -1.98. The van der Waals surface area contributed by atoms with Crippen LogP contribution in [-0.4, -0.2) is 27.1 Å². The summed E-state index contributed by atoms with van der Waals surface area (Å²) in [6.45, 7) is 0. The normalized spacial score (nSPS) is 10.5. The summed E-state index contributed by atoms with van der Waals surface area (Å²) in [5, 5.41) is 18.3. The van der Waals surface area contributed by atoms with Crippen molar-refractivity contribution in [2.45, 2.75) is 6.42 Å². The number of H-pyrrole nitrogens is 1. The number of fused-ring (bicyclic) bond motifs is 1. The minimum Gasteiger partial charge on any atom is -0.481 e. The number of nitrogens with one attached hydrogen (secondary N) is 1. The van der Waals surface area contributed by atoms with Gasteiger partial charge in [0.05, 0.1) is 17.5 Å². The van der Waals surface area contributed by atoms with E-state index in [1.54, 1.807) is 12.1 Å². The Morgan fingerprint density at radius 2 is 2.00 bits per heavy atom. The molecule has 0 amide bonds. The number of hydrogen-bond acceptors (Lipinski definition) is 2. The van der Waals surface area contributed by atoms with E-state index in [1.807, 2.05) is 0 Å². The first-order chi connectivity index (χ1) is 7.59. The second-order valence-electron chi connectivity index (χ2n) is 3.42. The Bertz CT molecular complexity index is 570. The molecule has 0 spiro atoms. The van der Waals surface area contributed by atoms with E-state index < -0.39 is 11.9 Å². The average Bonchev–Trinajstić information content (AvgIpc) is 2.60. The highest BCUT2D eigenvalue weighted by molar-refractivity contribution is 6.03. The molecule has 0 fully saturated rings. The number of hydrogen-bond donors (Lipinski definition) is 3. The number of para-hydroxylation sites is 1. The summed E-state index contributed by atoms with van der Waals surface area (Å²) in [5.41, 5.74) is 1.20. The molecule has 16 heavy (non-hydrogen) atoms. The van der Waals surface area contributed by atoms with Gasteiger partial charge >= 0.3 is 11.9 Å². The lowest BCUT2D eigenvalue weighted by Gasteiger charge is -1.98. The Hall–Kier alpha value is -2.30. The van der Waals surface area contributed by atoms with Gasteiger partial charge in [-0.2, -0.15) is 0 Å². The predicted molar refractivity (Wildman–Crippen MR) is 56.6 cm³/mol. The smallest absolute Gasteiger partial charge is 0.337 e. The van der Waals surface area contributed by atoms with E-state index in [0.29, 0.717) is 16.5 Å². The van der Waals surface area contributed by atoms with Gasteiger partial charge in [0, 0.05) is 11.6 Å². The molecule has 0 aliphatic rings. The molecule has 2 aromatic rings. The van der Waals surface area contributed by atoms with Crippen molar-refractivity contribution in [3.63, 3.8) is 0 Å². The predicted octanol–water partition coefficient (Wildman–Crippen LogP) is 1.49. The van der Waals surface area contributed by atoms with E-state index >= 15 is 0 Å². The number of aromatic carboxylic acids is 1. The van der Waals surface area contributed by atoms with E-state index in [4.69, 9.17) is 10.2 Å². The SMILES string of the molecule is O=C(O)Cc1c[nH]c2c(C(=O)O)cccc12. The Kier molecular flexibility index (Phi) is 2.36. The number of rotatable bonds is 3. The van der Waals surface area contributed by atoms with Crippen LogP contribution in [0.4, 0.5) is 0 Å². The number of aliphatic carboxylic acids is 1. The van der Waals surface area contributed by atoms with E-state index in [2.05, 4.69) is 4.98 Å². The highest BCUT2D eigenvalue weighted by atomic mass is 16.4. The van der Waals surface area contributed by atoms with Crippen molar-refractivity contribution < 1.29 is 19.8 Å². The largest absolute Gasteiger partial charge is 0.481 e. The highest BCUT2D eigenvalue weighted by Crippen LogP contribution is 2.22.